The average molecular weight is 394 g/mol. The number of ether oxygens (including phenoxy) is 6. The minimum atomic E-state index is -0.564. The number of hydrogen-bond acceptors (Lipinski definition) is 7. The Labute approximate surface area is 166 Å². The van der Waals surface area contributed by atoms with Gasteiger partial charge < -0.3 is 28.4 Å². The standard InChI is InChI=1S/C21H30O7/c1-5-8-17(26-14-11-18(22)25-6-2)19-15(23-3)9-10-16(24-4)20(19)21-27-12-7-13-28-21/h9-11,14,17,21H,5-8,12-13H2,1-4H3/b14-11+. The van der Waals surface area contributed by atoms with Gasteiger partial charge in [0.05, 0.1) is 51.9 Å². The summed E-state index contributed by atoms with van der Waals surface area (Å²) in [6, 6.07) is 3.66. The Morgan fingerprint density at radius 2 is 1.86 bits per heavy atom. The van der Waals surface area contributed by atoms with Crippen molar-refractivity contribution in [3.63, 3.8) is 0 Å². The van der Waals surface area contributed by atoms with Gasteiger partial charge in [-0.3, -0.25) is 0 Å². The van der Waals surface area contributed by atoms with Crippen molar-refractivity contribution >= 4 is 5.97 Å². The SMILES string of the molecule is CCCC(O/C=C/C(=O)OCC)c1c(OC)ccc(OC)c1C1OCCCO1. The molecule has 28 heavy (non-hydrogen) atoms. The highest BCUT2D eigenvalue weighted by Crippen LogP contribution is 2.43. The molecule has 7 heteroatoms. The minimum absolute atomic E-state index is 0.311. The second-order valence-electron chi connectivity index (χ2n) is 6.19. The first kappa shape index (κ1) is 22.0. The fourth-order valence-corrected chi connectivity index (χ4v) is 3.10. The van der Waals surface area contributed by atoms with Crippen LogP contribution in [-0.4, -0.2) is 40.0 Å². The van der Waals surface area contributed by atoms with Crippen molar-refractivity contribution in [3.05, 3.63) is 35.6 Å². The Balaban J connectivity index is 2.42. The third kappa shape index (κ3) is 5.62. The van der Waals surface area contributed by atoms with Crippen molar-refractivity contribution in [2.75, 3.05) is 34.0 Å². The lowest BCUT2D eigenvalue weighted by atomic mass is 9.96. The van der Waals surface area contributed by atoms with Crippen LogP contribution in [0.15, 0.2) is 24.5 Å². The van der Waals surface area contributed by atoms with E-state index in [1.54, 1.807) is 21.1 Å². The van der Waals surface area contributed by atoms with Gasteiger partial charge in [0.2, 0.25) is 0 Å². The summed E-state index contributed by atoms with van der Waals surface area (Å²) in [6.07, 6.45) is 4.11. The lowest BCUT2D eigenvalue weighted by Gasteiger charge is -2.30. The lowest BCUT2D eigenvalue weighted by molar-refractivity contribution is -0.184. The Morgan fingerprint density at radius 1 is 1.18 bits per heavy atom. The van der Waals surface area contributed by atoms with Gasteiger partial charge in [-0.2, -0.15) is 0 Å². The maximum absolute atomic E-state index is 11.6. The molecule has 2 rings (SSSR count). The van der Waals surface area contributed by atoms with Gasteiger partial charge in [-0.15, -0.1) is 0 Å². The summed E-state index contributed by atoms with van der Waals surface area (Å²) in [4.78, 5) is 11.6. The third-order valence-corrected chi connectivity index (χ3v) is 4.32. The van der Waals surface area contributed by atoms with E-state index in [0.29, 0.717) is 37.7 Å². The zero-order valence-electron chi connectivity index (χ0n) is 17.1. The molecule has 0 N–H and O–H groups in total. The van der Waals surface area contributed by atoms with E-state index >= 15 is 0 Å². The predicted octanol–water partition coefficient (Wildman–Crippen LogP) is 4.07. The van der Waals surface area contributed by atoms with Gasteiger partial charge in [-0.05, 0) is 31.9 Å². The smallest absolute Gasteiger partial charge is 0.333 e. The van der Waals surface area contributed by atoms with Crippen LogP contribution < -0.4 is 9.47 Å². The normalized spacial score (nSPS) is 16.0. The van der Waals surface area contributed by atoms with Crippen LogP contribution in [0.1, 0.15) is 56.6 Å². The summed E-state index contributed by atoms with van der Waals surface area (Å²) in [7, 11) is 3.21. The van der Waals surface area contributed by atoms with Crippen LogP contribution in [0.4, 0.5) is 0 Å². The molecular weight excluding hydrogens is 364 g/mol. The maximum atomic E-state index is 11.6. The largest absolute Gasteiger partial charge is 0.496 e. The Bertz CT molecular complexity index is 650. The lowest BCUT2D eigenvalue weighted by Crippen LogP contribution is -2.21. The van der Waals surface area contributed by atoms with Crippen LogP contribution in [0.5, 0.6) is 11.5 Å². The molecular formula is C21H30O7. The van der Waals surface area contributed by atoms with E-state index in [2.05, 4.69) is 6.92 Å². The van der Waals surface area contributed by atoms with Gasteiger partial charge in [0.25, 0.3) is 0 Å². The molecule has 1 heterocycles. The highest BCUT2D eigenvalue weighted by molar-refractivity contribution is 5.81. The molecule has 0 aromatic heterocycles. The van der Waals surface area contributed by atoms with Crippen molar-refractivity contribution in [2.24, 2.45) is 0 Å². The second kappa shape index (κ2) is 11.6. The highest BCUT2D eigenvalue weighted by Gasteiger charge is 2.31. The first-order valence-electron chi connectivity index (χ1n) is 9.62. The van der Waals surface area contributed by atoms with Gasteiger partial charge >= 0.3 is 5.97 Å². The molecule has 0 spiro atoms. The summed E-state index contributed by atoms with van der Waals surface area (Å²) in [5.41, 5.74) is 1.55. The summed E-state index contributed by atoms with van der Waals surface area (Å²) in [5, 5.41) is 0. The van der Waals surface area contributed by atoms with E-state index in [1.807, 2.05) is 12.1 Å². The predicted molar refractivity (Wildman–Crippen MR) is 103 cm³/mol. The molecule has 1 saturated heterocycles. The molecule has 156 valence electrons. The number of methoxy groups -OCH3 is 2. The molecule has 0 saturated carbocycles. The molecule has 1 fully saturated rings. The van der Waals surface area contributed by atoms with Gasteiger partial charge in [-0.25, -0.2) is 4.79 Å². The number of carbonyl (C=O) groups is 1. The van der Waals surface area contributed by atoms with E-state index in [1.165, 1.54) is 12.3 Å². The van der Waals surface area contributed by atoms with Gasteiger partial charge in [-0.1, -0.05) is 13.3 Å². The molecule has 0 aliphatic carbocycles. The van der Waals surface area contributed by atoms with E-state index in [0.717, 1.165) is 24.0 Å². The Hall–Kier alpha value is -2.25. The molecule has 1 aliphatic rings. The van der Waals surface area contributed by atoms with Crippen LogP contribution in [-0.2, 0) is 23.7 Å². The molecule has 0 bridgehead atoms. The Kier molecular flexibility index (Phi) is 9.10. The van der Waals surface area contributed by atoms with E-state index in [9.17, 15) is 4.79 Å². The van der Waals surface area contributed by atoms with Crippen molar-refractivity contribution in [1.29, 1.82) is 0 Å². The molecule has 1 aromatic carbocycles. The topological polar surface area (TPSA) is 72.5 Å². The molecule has 7 nitrogen and oxygen atoms in total. The third-order valence-electron chi connectivity index (χ3n) is 4.32. The van der Waals surface area contributed by atoms with Gasteiger partial charge in [0.15, 0.2) is 6.29 Å². The number of rotatable bonds is 10. The monoisotopic (exact) mass is 394 g/mol. The van der Waals surface area contributed by atoms with Gasteiger partial charge in [0.1, 0.15) is 17.6 Å². The highest BCUT2D eigenvalue weighted by atomic mass is 16.7. The van der Waals surface area contributed by atoms with Crippen molar-refractivity contribution in [1.82, 2.24) is 0 Å². The Morgan fingerprint density at radius 3 is 2.46 bits per heavy atom. The van der Waals surface area contributed by atoms with Crippen molar-refractivity contribution in [3.8, 4) is 11.5 Å². The van der Waals surface area contributed by atoms with E-state index in [-0.39, 0.29) is 6.10 Å². The molecule has 0 amide bonds. The average Bonchev–Trinajstić information content (AvgIpc) is 2.72. The fourth-order valence-electron chi connectivity index (χ4n) is 3.10. The molecule has 1 aromatic rings. The van der Waals surface area contributed by atoms with Crippen molar-refractivity contribution < 1.29 is 33.2 Å². The summed E-state index contributed by atoms with van der Waals surface area (Å²) >= 11 is 0. The fraction of sp³-hybridized carbons (Fsp3) is 0.571. The first-order valence-corrected chi connectivity index (χ1v) is 9.62. The quantitative estimate of drug-likeness (QED) is 0.336. The van der Waals surface area contributed by atoms with E-state index in [4.69, 9.17) is 28.4 Å². The van der Waals surface area contributed by atoms with Crippen LogP contribution in [0.3, 0.4) is 0 Å². The second-order valence-corrected chi connectivity index (χ2v) is 6.19. The molecule has 1 aliphatic heterocycles. The maximum Gasteiger partial charge on any atom is 0.333 e. The van der Waals surface area contributed by atoms with Crippen LogP contribution in [0.25, 0.3) is 0 Å². The van der Waals surface area contributed by atoms with Crippen LogP contribution >= 0.6 is 0 Å². The first-order chi connectivity index (χ1) is 13.7. The van der Waals surface area contributed by atoms with Crippen LogP contribution in [0.2, 0.25) is 0 Å². The number of esters is 1. The molecule has 1 atom stereocenters. The molecule has 0 radical (unpaired) electrons. The number of carbonyl (C=O) groups excluding carboxylic acids is 1. The van der Waals surface area contributed by atoms with Crippen molar-refractivity contribution in [2.45, 2.75) is 45.5 Å². The van der Waals surface area contributed by atoms with E-state index < -0.39 is 12.3 Å². The zero-order chi connectivity index (χ0) is 20.4. The summed E-state index contributed by atoms with van der Waals surface area (Å²) in [6.45, 7) is 5.33. The number of benzene rings is 1. The van der Waals surface area contributed by atoms with Gasteiger partial charge in [0, 0.05) is 5.56 Å². The zero-order valence-corrected chi connectivity index (χ0v) is 17.1. The summed E-state index contributed by atoms with van der Waals surface area (Å²) in [5.74, 6) is 0.841. The summed E-state index contributed by atoms with van der Waals surface area (Å²) < 4.78 is 33.7. The minimum Gasteiger partial charge on any atom is -0.496 e. The molecule has 1 unspecified atom stereocenters. The van der Waals surface area contributed by atoms with Crippen LogP contribution in [0, 0.1) is 0 Å². The number of hydrogen-bond donors (Lipinski definition) is 0.